The van der Waals surface area contributed by atoms with Crippen LogP contribution in [-0.2, 0) is 11.2 Å². The molecule has 120 valence electrons. The molecule has 6 heteroatoms. The number of aromatic nitrogens is 2. The third-order valence-corrected chi connectivity index (χ3v) is 3.97. The van der Waals surface area contributed by atoms with Crippen LogP contribution < -0.4 is 5.32 Å². The summed E-state index contributed by atoms with van der Waals surface area (Å²) in [7, 11) is 0. The maximum Gasteiger partial charge on any atom is 0.228 e. The van der Waals surface area contributed by atoms with Gasteiger partial charge >= 0.3 is 0 Å². The molecule has 0 bridgehead atoms. The van der Waals surface area contributed by atoms with E-state index >= 15 is 0 Å². The molecule has 1 aliphatic rings. The molecule has 2 atom stereocenters. The van der Waals surface area contributed by atoms with Gasteiger partial charge < -0.3 is 14.6 Å². The van der Waals surface area contributed by atoms with Gasteiger partial charge in [-0.05, 0) is 25.9 Å². The highest BCUT2D eigenvalue weighted by Gasteiger charge is 2.25. The molecule has 1 saturated heterocycles. The van der Waals surface area contributed by atoms with Gasteiger partial charge in [0.2, 0.25) is 11.7 Å². The zero-order valence-electron chi connectivity index (χ0n) is 13.5. The second-order valence-electron chi connectivity index (χ2n) is 5.56. The molecule has 0 radical (unpaired) electrons. The molecular weight excluding hydrogens is 268 g/mol. The van der Waals surface area contributed by atoms with Crippen molar-refractivity contribution in [3.63, 3.8) is 0 Å². The van der Waals surface area contributed by atoms with E-state index in [1.807, 2.05) is 0 Å². The van der Waals surface area contributed by atoms with E-state index in [2.05, 4.69) is 41.1 Å². The standard InChI is InChI=1S/C15H28N4O2/c1-4-7-16-12(5-2)10-14-17-15(18-21-14)13-11-19(6-3)8-9-20-13/h12-13,16H,4-11H2,1-3H3. The molecule has 1 aliphatic heterocycles. The number of hydrogen-bond acceptors (Lipinski definition) is 6. The fraction of sp³-hybridized carbons (Fsp3) is 0.867. The first-order valence-electron chi connectivity index (χ1n) is 8.16. The monoisotopic (exact) mass is 296 g/mol. The zero-order chi connectivity index (χ0) is 15.1. The van der Waals surface area contributed by atoms with Gasteiger partial charge in [-0.2, -0.15) is 4.98 Å². The summed E-state index contributed by atoms with van der Waals surface area (Å²) < 4.78 is 11.2. The highest BCUT2D eigenvalue weighted by Crippen LogP contribution is 2.19. The SMILES string of the molecule is CCCNC(CC)Cc1nc(C2CN(CC)CCO2)no1. The molecule has 0 aromatic carbocycles. The summed E-state index contributed by atoms with van der Waals surface area (Å²) in [6.45, 7) is 11.1. The number of likely N-dealkylation sites (N-methyl/N-ethyl adjacent to an activating group) is 1. The van der Waals surface area contributed by atoms with Crippen molar-refractivity contribution in [2.24, 2.45) is 0 Å². The van der Waals surface area contributed by atoms with Crippen molar-refractivity contribution in [3.05, 3.63) is 11.7 Å². The fourth-order valence-corrected chi connectivity index (χ4v) is 2.55. The van der Waals surface area contributed by atoms with Crippen molar-refractivity contribution in [1.29, 1.82) is 0 Å². The molecule has 1 fully saturated rings. The highest BCUT2D eigenvalue weighted by molar-refractivity contribution is 4.95. The molecule has 2 heterocycles. The molecule has 0 amide bonds. The van der Waals surface area contributed by atoms with Crippen LogP contribution in [0.3, 0.4) is 0 Å². The van der Waals surface area contributed by atoms with Gasteiger partial charge in [0.05, 0.1) is 6.61 Å². The van der Waals surface area contributed by atoms with Crippen molar-refractivity contribution in [2.45, 2.75) is 52.2 Å². The van der Waals surface area contributed by atoms with Crippen LogP contribution in [0, 0.1) is 0 Å². The van der Waals surface area contributed by atoms with Gasteiger partial charge in [0, 0.05) is 25.6 Å². The molecule has 2 rings (SSSR count). The van der Waals surface area contributed by atoms with Gasteiger partial charge in [0.25, 0.3) is 0 Å². The molecule has 21 heavy (non-hydrogen) atoms. The van der Waals surface area contributed by atoms with E-state index in [1.165, 1.54) is 0 Å². The Balaban J connectivity index is 1.91. The van der Waals surface area contributed by atoms with E-state index in [9.17, 15) is 0 Å². The van der Waals surface area contributed by atoms with E-state index in [1.54, 1.807) is 0 Å². The number of ether oxygens (including phenoxy) is 1. The average Bonchev–Trinajstić information content (AvgIpc) is 3.00. The number of rotatable bonds is 8. The van der Waals surface area contributed by atoms with Crippen molar-refractivity contribution in [1.82, 2.24) is 20.4 Å². The Kier molecular flexibility index (Phi) is 6.60. The lowest BCUT2D eigenvalue weighted by Gasteiger charge is -2.30. The van der Waals surface area contributed by atoms with Crippen LogP contribution in [0.15, 0.2) is 4.52 Å². The molecule has 6 nitrogen and oxygen atoms in total. The van der Waals surface area contributed by atoms with Gasteiger partial charge in [-0.3, -0.25) is 4.90 Å². The van der Waals surface area contributed by atoms with Crippen LogP contribution in [0.25, 0.3) is 0 Å². The minimum Gasteiger partial charge on any atom is -0.367 e. The van der Waals surface area contributed by atoms with E-state index < -0.39 is 0 Å². The van der Waals surface area contributed by atoms with Crippen molar-refractivity contribution < 1.29 is 9.26 Å². The lowest BCUT2D eigenvalue weighted by atomic mass is 10.1. The first-order chi connectivity index (χ1) is 10.3. The fourth-order valence-electron chi connectivity index (χ4n) is 2.55. The van der Waals surface area contributed by atoms with Crippen LogP contribution in [0.1, 0.15) is 51.4 Å². The smallest absolute Gasteiger partial charge is 0.228 e. The third kappa shape index (κ3) is 4.76. The van der Waals surface area contributed by atoms with Crippen LogP contribution in [-0.4, -0.2) is 53.9 Å². The molecule has 0 saturated carbocycles. The summed E-state index contributed by atoms with van der Waals surface area (Å²) in [6.07, 6.45) is 2.92. The van der Waals surface area contributed by atoms with E-state index in [0.29, 0.717) is 17.8 Å². The molecular formula is C15H28N4O2. The average molecular weight is 296 g/mol. The maximum atomic E-state index is 5.76. The number of hydrogen-bond donors (Lipinski definition) is 1. The maximum absolute atomic E-state index is 5.76. The second-order valence-corrected chi connectivity index (χ2v) is 5.56. The van der Waals surface area contributed by atoms with Crippen LogP contribution >= 0.6 is 0 Å². The number of morpholine rings is 1. The summed E-state index contributed by atoms with van der Waals surface area (Å²) in [5.74, 6) is 1.39. The first-order valence-corrected chi connectivity index (χ1v) is 8.16. The van der Waals surface area contributed by atoms with Crippen molar-refractivity contribution in [2.75, 3.05) is 32.8 Å². The normalized spacial score (nSPS) is 21.6. The van der Waals surface area contributed by atoms with Gasteiger partial charge in [0.1, 0.15) is 6.10 Å². The summed E-state index contributed by atoms with van der Waals surface area (Å²) in [6, 6.07) is 0.401. The van der Waals surface area contributed by atoms with Gasteiger partial charge in [-0.25, -0.2) is 0 Å². The topological polar surface area (TPSA) is 63.4 Å². The van der Waals surface area contributed by atoms with E-state index in [0.717, 1.165) is 52.0 Å². The highest BCUT2D eigenvalue weighted by atomic mass is 16.5. The predicted molar refractivity (Wildman–Crippen MR) is 81.2 cm³/mol. The Morgan fingerprint density at radius 3 is 2.95 bits per heavy atom. The number of nitrogens with zero attached hydrogens (tertiary/aromatic N) is 3. The van der Waals surface area contributed by atoms with Gasteiger partial charge in [-0.1, -0.05) is 25.9 Å². The molecule has 1 aromatic rings. The quantitative estimate of drug-likeness (QED) is 0.789. The Morgan fingerprint density at radius 2 is 2.24 bits per heavy atom. The number of nitrogens with one attached hydrogen (secondary N) is 1. The molecule has 1 N–H and O–H groups in total. The zero-order valence-corrected chi connectivity index (χ0v) is 13.5. The first kappa shape index (κ1) is 16.4. The summed E-state index contributed by atoms with van der Waals surface area (Å²) in [4.78, 5) is 6.88. The Hall–Kier alpha value is -0.980. The Morgan fingerprint density at radius 1 is 1.38 bits per heavy atom. The Bertz CT molecular complexity index is 410. The van der Waals surface area contributed by atoms with Crippen LogP contribution in [0.5, 0.6) is 0 Å². The molecule has 0 spiro atoms. The molecule has 2 unspecified atom stereocenters. The van der Waals surface area contributed by atoms with Crippen LogP contribution in [0.4, 0.5) is 0 Å². The van der Waals surface area contributed by atoms with Crippen molar-refractivity contribution >= 4 is 0 Å². The third-order valence-electron chi connectivity index (χ3n) is 3.97. The van der Waals surface area contributed by atoms with Crippen molar-refractivity contribution in [3.8, 4) is 0 Å². The Labute approximate surface area is 127 Å². The van der Waals surface area contributed by atoms with Crippen LogP contribution in [0.2, 0.25) is 0 Å². The summed E-state index contributed by atoms with van der Waals surface area (Å²) in [5.41, 5.74) is 0. The molecule has 0 aliphatic carbocycles. The van der Waals surface area contributed by atoms with Gasteiger partial charge in [-0.15, -0.1) is 0 Å². The second kappa shape index (κ2) is 8.46. The van der Waals surface area contributed by atoms with E-state index in [-0.39, 0.29) is 6.10 Å². The summed E-state index contributed by atoms with van der Waals surface area (Å²) in [5, 5.41) is 7.62. The van der Waals surface area contributed by atoms with E-state index in [4.69, 9.17) is 9.26 Å². The van der Waals surface area contributed by atoms with Gasteiger partial charge in [0.15, 0.2) is 0 Å². The minimum absolute atomic E-state index is 0.0557. The largest absolute Gasteiger partial charge is 0.367 e. The lowest BCUT2D eigenvalue weighted by molar-refractivity contribution is -0.0334. The predicted octanol–water partition coefficient (Wildman–Crippen LogP) is 1.78. The minimum atomic E-state index is -0.0557. The molecule has 1 aromatic heterocycles. The summed E-state index contributed by atoms with van der Waals surface area (Å²) >= 11 is 0. The lowest BCUT2D eigenvalue weighted by Crippen LogP contribution is -2.38.